The molecule has 6 N–H and O–H groups in total. The highest BCUT2D eigenvalue weighted by Crippen LogP contribution is 2.28. The lowest BCUT2D eigenvalue weighted by Gasteiger charge is -2.14. The second-order valence-corrected chi connectivity index (χ2v) is 5.84. The molecule has 0 radical (unpaired) electrons. The van der Waals surface area contributed by atoms with Crippen LogP contribution in [0.3, 0.4) is 0 Å². The van der Waals surface area contributed by atoms with Crippen LogP contribution in [0.1, 0.15) is 37.0 Å². The molecule has 0 saturated carbocycles. The van der Waals surface area contributed by atoms with Crippen molar-refractivity contribution in [1.29, 1.82) is 0 Å². The minimum absolute atomic E-state index is 0.284. The molecule has 0 aliphatic heterocycles. The average molecular weight is 338 g/mol. The van der Waals surface area contributed by atoms with E-state index in [4.69, 9.17) is 11.5 Å². The number of hydrogen-bond donors (Lipinski definition) is 4. The highest BCUT2D eigenvalue weighted by molar-refractivity contribution is 5.80. The zero-order valence-corrected chi connectivity index (χ0v) is 15.2. The molecule has 0 saturated heterocycles. The van der Waals surface area contributed by atoms with Crippen LogP contribution >= 0.6 is 0 Å². The topological polar surface area (TPSA) is 106 Å². The summed E-state index contributed by atoms with van der Waals surface area (Å²) in [5.74, 6) is 0.735. The second kappa shape index (κ2) is 8.19. The number of aryl methyl sites for hydroxylation is 2. The average Bonchev–Trinajstić information content (AvgIpc) is 2.95. The van der Waals surface area contributed by atoms with E-state index >= 15 is 0 Å². The standard InChI is InChI=1S/C19H26N6/c1-5-7-15(20)9-8-14(6-2)17-12(3)10-16(11-13(17)4)22-19-23-18(21)24-25-19/h6-11H,5,20H2,1-4H3,(H4,21,22,23,24,25)/b9-8-,14-6+,15-7-. The van der Waals surface area contributed by atoms with Crippen LogP contribution in [0.4, 0.5) is 17.6 Å². The molecule has 0 aliphatic rings. The van der Waals surface area contributed by atoms with Crippen molar-refractivity contribution in [2.24, 2.45) is 5.73 Å². The van der Waals surface area contributed by atoms with Gasteiger partial charge in [-0.05, 0) is 67.7 Å². The summed E-state index contributed by atoms with van der Waals surface area (Å²) in [4.78, 5) is 4.06. The molecule has 1 aromatic carbocycles. The molecular formula is C19H26N6. The van der Waals surface area contributed by atoms with Crippen LogP contribution in [-0.4, -0.2) is 15.2 Å². The number of hydrogen-bond acceptors (Lipinski definition) is 5. The van der Waals surface area contributed by atoms with Crippen molar-refractivity contribution < 1.29 is 0 Å². The summed E-state index contributed by atoms with van der Waals surface area (Å²) >= 11 is 0. The first-order valence-corrected chi connectivity index (χ1v) is 8.31. The molecule has 0 spiro atoms. The molecule has 25 heavy (non-hydrogen) atoms. The van der Waals surface area contributed by atoms with Crippen LogP contribution < -0.4 is 16.8 Å². The SMILES string of the molecule is C\C=C(/C=C\C(N)=C\CC)c1c(C)cc(Nc2n[nH]c(N)n2)cc1C. The summed E-state index contributed by atoms with van der Waals surface area (Å²) in [6.07, 6.45) is 9.01. The minimum Gasteiger partial charge on any atom is -0.399 e. The number of aromatic amines is 1. The Morgan fingerprint density at radius 3 is 2.44 bits per heavy atom. The Labute approximate surface area is 148 Å². The van der Waals surface area contributed by atoms with E-state index in [9.17, 15) is 0 Å². The Morgan fingerprint density at radius 2 is 1.92 bits per heavy atom. The van der Waals surface area contributed by atoms with E-state index in [1.54, 1.807) is 0 Å². The van der Waals surface area contributed by atoms with Crippen molar-refractivity contribution >= 4 is 23.2 Å². The van der Waals surface area contributed by atoms with Crippen molar-refractivity contribution in [2.45, 2.75) is 34.1 Å². The number of nitrogen functional groups attached to an aromatic ring is 1. The number of nitrogens with zero attached hydrogens (tertiary/aromatic N) is 2. The first kappa shape index (κ1) is 18.3. The Hall–Kier alpha value is -3.02. The molecule has 132 valence electrons. The van der Waals surface area contributed by atoms with Gasteiger partial charge in [0.1, 0.15) is 0 Å². The van der Waals surface area contributed by atoms with E-state index in [1.807, 2.05) is 19.1 Å². The van der Waals surface area contributed by atoms with E-state index in [0.29, 0.717) is 5.95 Å². The lowest BCUT2D eigenvalue weighted by Crippen LogP contribution is -1.98. The minimum atomic E-state index is 0.284. The smallest absolute Gasteiger partial charge is 0.248 e. The molecule has 0 aliphatic carbocycles. The number of aromatic nitrogens is 3. The summed E-state index contributed by atoms with van der Waals surface area (Å²) < 4.78 is 0. The van der Waals surface area contributed by atoms with Crippen molar-refractivity contribution in [2.75, 3.05) is 11.1 Å². The normalized spacial score (nSPS) is 12.8. The van der Waals surface area contributed by atoms with Crippen molar-refractivity contribution in [3.05, 3.63) is 58.8 Å². The molecule has 0 atom stereocenters. The van der Waals surface area contributed by atoms with E-state index < -0.39 is 0 Å². The lowest BCUT2D eigenvalue weighted by molar-refractivity contribution is 1.10. The maximum absolute atomic E-state index is 5.96. The van der Waals surface area contributed by atoms with Gasteiger partial charge < -0.3 is 16.8 Å². The van der Waals surface area contributed by atoms with Crippen molar-refractivity contribution in [1.82, 2.24) is 15.2 Å². The van der Waals surface area contributed by atoms with Crippen LogP contribution in [0.15, 0.2) is 42.1 Å². The molecule has 0 unspecified atom stereocenters. The van der Waals surface area contributed by atoms with Gasteiger partial charge in [0, 0.05) is 11.4 Å². The third-order valence-electron chi connectivity index (χ3n) is 3.79. The third kappa shape index (κ3) is 4.73. The van der Waals surface area contributed by atoms with Crippen molar-refractivity contribution in [3.8, 4) is 0 Å². The summed E-state index contributed by atoms with van der Waals surface area (Å²) in [5, 5.41) is 9.77. The fourth-order valence-corrected chi connectivity index (χ4v) is 2.76. The van der Waals surface area contributed by atoms with Gasteiger partial charge in [0.15, 0.2) is 0 Å². The number of nitrogens with two attached hydrogens (primary N) is 2. The van der Waals surface area contributed by atoms with E-state index in [0.717, 1.165) is 34.5 Å². The van der Waals surface area contributed by atoms with Crippen molar-refractivity contribution in [3.63, 3.8) is 0 Å². The largest absolute Gasteiger partial charge is 0.399 e. The van der Waals surface area contributed by atoms with E-state index in [2.05, 4.69) is 65.6 Å². The highest BCUT2D eigenvalue weighted by Gasteiger charge is 2.09. The molecule has 6 nitrogen and oxygen atoms in total. The first-order chi connectivity index (χ1) is 11.9. The fraction of sp³-hybridized carbons (Fsp3) is 0.263. The number of rotatable bonds is 6. The van der Waals surface area contributed by atoms with E-state index in [-0.39, 0.29) is 5.95 Å². The summed E-state index contributed by atoms with van der Waals surface area (Å²) in [5.41, 5.74) is 17.9. The van der Waals surface area contributed by atoms with Gasteiger partial charge in [0.2, 0.25) is 11.9 Å². The number of nitrogens with one attached hydrogen (secondary N) is 2. The summed E-state index contributed by atoms with van der Waals surface area (Å²) in [6.45, 7) is 8.27. The van der Waals surface area contributed by atoms with Crippen LogP contribution in [0.5, 0.6) is 0 Å². The van der Waals surface area contributed by atoms with E-state index in [1.165, 1.54) is 5.56 Å². The number of allylic oxidation sites excluding steroid dienone is 5. The van der Waals surface area contributed by atoms with Crippen LogP contribution in [0.25, 0.3) is 5.57 Å². The van der Waals surface area contributed by atoms with Gasteiger partial charge in [0.05, 0.1) is 0 Å². The van der Waals surface area contributed by atoms with Gasteiger partial charge in [-0.3, -0.25) is 0 Å². The van der Waals surface area contributed by atoms with Gasteiger partial charge in [-0.15, -0.1) is 5.10 Å². The molecule has 1 heterocycles. The maximum Gasteiger partial charge on any atom is 0.248 e. The lowest BCUT2D eigenvalue weighted by atomic mass is 9.94. The molecule has 6 heteroatoms. The fourth-order valence-electron chi connectivity index (χ4n) is 2.76. The Morgan fingerprint density at radius 1 is 1.24 bits per heavy atom. The van der Waals surface area contributed by atoms with Gasteiger partial charge in [-0.1, -0.05) is 25.2 Å². The zero-order valence-electron chi connectivity index (χ0n) is 15.2. The number of H-pyrrole nitrogens is 1. The molecule has 0 fully saturated rings. The third-order valence-corrected chi connectivity index (χ3v) is 3.79. The van der Waals surface area contributed by atoms with Gasteiger partial charge >= 0.3 is 0 Å². The molecule has 1 aromatic heterocycles. The highest BCUT2D eigenvalue weighted by atomic mass is 15.3. The molecule has 2 aromatic rings. The molecular weight excluding hydrogens is 312 g/mol. The maximum atomic E-state index is 5.96. The molecule has 0 bridgehead atoms. The second-order valence-electron chi connectivity index (χ2n) is 5.84. The monoisotopic (exact) mass is 338 g/mol. The Kier molecular flexibility index (Phi) is 6.00. The molecule has 2 rings (SSSR count). The van der Waals surface area contributed by atoms with Gasteiger partial charge in [0.25, 0.3) is 0 Å². The summed E-state index contributed by atoms with van der Waals surface area (Å²) in [6, 6.07) is 4.13. The first-order valence-electron chi connectivity index (χ1n) is 8.31. The Balaban J connectivity index is 2.30. The predicted octanol–water partition coefficient (Wildman–Crippen LogP) is 3.96. The summed E-state index contributed by atoms with van der Waals surface area (Å²) in [7, 11) is 0. The number of anilines is 3. The Bertz CT molecular complexity index is 803. The van der Waals surface area contributed by atoms with Gasteiger partial charge in [-0.2, -0.15) is 4.98 Å². The molecule has 0 amide bonds. The van der Waals surface area contributed by atoms with Crippen LogP contribution in [0.2, 0.25) is 0 Å². The predicted molar refractivity (Wildman–Crippen MR) is 105 cm³/mol. The van der Waals surface area contributed by atoms with Crippen LogP contribution in [0, 0.1) is 13.8 Å². The quantitative estimate of drug-likeness (QED) is 0.597. The number of benzene rings is 1. The van der Waals surface area contributed by atoms with Crippen LogP contribution in [-0.2, 0) is 0 Å². The van der Waals surface area contributed by atoms with Gasteiger partial charge in [-0.25, -0.2) is 5.10 Å². The zero-order chi connectivity index (χ0) is 18.4.